The van der Waals surface area contributed by atoms with E-state index in [2.05, 4.69) is 20.3 Å². The summed E-state index contributed by atoms with van der Waals surface area (Å²) < 4.78 is 0. The summed E-state index contributed by atoms with van der Waals surface area (Å²) in [5.41, 5.74) is 0.910. The number of hydrogen-bond acceptors (Lipinski definition) is 5. The molecule has 0 bridgehead atoms. The minimum absolute atomic E-state index is 0.211. The highest BCUT2D eigenvalue weighted by molar-refractivity contribution is 5.85. The zero-order chi connectivity index (χ0) is 18.6. The van der Waals surface area contributed by atoms with Crippen molar-refractivity contribution in [1.29, 1.82) is 0 Å². The van der Waals surface area contributed by atoms with E-state index in [0.29, 0.717) is 17.1 Å². The van der Waals surface area contributed by atoms with Gasteiger partial charge in [-0.3, -0.25) is 14.6 Å². The van der Waals surface area contributed by atoms with Crippen molar-refractivity contribution < 1.29 is 14.7 Å². The number of H-pyrrole nitrogens is 1. The first kappa shape index (κ1) is 18.3. The van der Waals surface area contributed by atoms with E-state index in [0.717, 1.165) is 0 Å². The molecule has 0 aliphatic heterocycles. The van der Waals surface area contributed by atoms with Gasteiger partial charge in [-0.1, -0.05) is 13.8 Å². The van der Waals surface area contributed by atoms with Crippen molar-refractivity contribution in [2.75, 3.05) is 0 Å². The standard InChI is InChI=1S/C17H20N4O4/c1-9(2)14(17(24)25)20-13(22)8-12-10(3)19-15(21-16(12)23)11-4-6-18-7-5-11/h4-7,9,14H,8H2,1-3H3,(H,20,22)(H,24,25)(H,19,21,23)/t14-/m1/s1. The van der Waals surface area contributed by atoms with Gasteiger partial charge in [0.1, 0.15) is 11.9 Å². The van der Waals surface area contributed by atoms with Gasteiger partial charge in [0.2, 0.25) is 5.91 Å². The van der Waals surface area contributed by atoms with E-state index in [-0.39, 0.29) is 17.9 Å². The summed E-state index contributed by atoms with van der Waals surface area (Å²) >= 11 is 0. The Hall–Kier alpha value is -3.03. The van der Waals surface area contributed by atoms with Crippen LogP contribution < -0.4 is 10.9 Å². The van der Waals surface area contributed by atoms with Crippen molar-refractivity contribution in [3.05, 3.63) is 46.1 Å². The lowest BCUT2D eigenvalue weighted by atomic mass is 10.0. The Balaban J connectivity index is 2.22. The maximum atomic E-state index is 12.3. The van der Waals surface area contributed by atoms with Gasteiger partial charge in [-0.2, -0.15) is 0 Å². The zero-order valence-electron chi connectivity index (χ0n) is 14.2. The first-order valence-electron chi connectivity index (χ1n) is 7.82. The average molecular weight is 344 g/mol. The third kappa shape index (κ3) is 4.50. The van der Waals surface area contributed by atoms with E-state index >= 15 is 0 Å². The van der Waals surface area contributed by atoms with Gasteiger partial charge in [0.15, 0.2) is 0 Å². The minimum Gasteiger partial charge on any atom is -0.480 e. The van der Waals surface area contributed by atoms with Crippen LogP contribution in [0.1, 0.15) is 25.1 Å². The maximum Gasteiger partial charge on any atom is 0.326 e. The average Bonchev–Trinajstić information content (AvgIpc) is 2.56. The molecule has 0 aliphatic rings. The number of aliphatic carboxylic acids is 1. The van der Waals surface area contributed by atoms with Gasteiger partial charge in [0.25, 0.3) is 5.56 Å². The number of carboxylic acid groups (broad SMARTS) is 1. The fourth-order valence-corrected chi connectivity index (χ4v) is 2.36. The van der Waals surface area contributed by atoms with Gasteiger partial charge in [0, 0.05) is 29.2 Å². The normalized spacial score (nSPS) is 12.0. The summed E-state index contributed by atoms with van der Waals surface area (Å²) in [6, 6.07) is 2.42. The maximum absolute atomic E-state index is 12.3. The molecule has 0 aromatic carbocycles. The molecular weight excluding hydrogens is 324 g/mol. The number of carbonyl (C=O) groups is 2. The van der Waals surface area contributed by atoms with E-state index in [1.54, 1.807) is 45.3 Å². The molecule has 3 N–H and O–H groups in total. The van der Waals surface area contributed by atoms with E-state index in [1.165, 1.54) is 0 Å². The van der Waals surface area contributed by atoms with E-state index in [4.69, 9.17) is 5.11 Å². The Morgan fingerprint density at radius 1 is 1.28 bits per heavy atom. The molecule has 0 radical (unpaired) electrons. The third-order valence-electron chi connectivity index (χ3n) is 3.76. The summed E-state index contributed by atoms with van der Waals surface area (Å²) in [4.78, 5) is 46.5. The van der Waals surface area contributed by atoms with E-state index in [9.17, 15) is 14.4 Å². The summed E-state index contributed by atoms with van der Waals surface area (Å²) in [6.45, 7) is 5.03. The highest BCUT2D eigenvalue weighted by Gasteiger charge is 2.24. The molecule has 0 aliphatic carbocycles. The third-order valence-corrected chi connectivity index (χ3v) is 3.76. The molecular formula is C17H20N4O4. The first-order chi connectivity index (χ1) is 11.8. The topological polar surface area (TPSA) is 125 Å². The molecule has 132 valence electrons. The zero-order valence-corrected chi connectivity index (χ0v) is 14.2. The highest BCUT2D eigenvalue weighted by Crippen LogP contribution is 2.13. The largest absolute Gasteiger partial charge is 0.480 e. The molecule has 2 heterocycles. The van der Waals surface area contributed by atoms with Crippen molar-refractivity contribution in [1.82, 2.24) is 20.3 Å². The first-order valence-corrected chi connectivity index (χ1v) is 7.82. The molecule has 2 aromatic rings. The Kier molecular flexibility index (Phi) is 5.63. The molecule has 0 fully saturated rings. The van der Waals surface area contributed by atoms with Crippen molar-refractivity contribution in [2.24, 2.45) is 5.92 Å². The number of aromatic nitrogens is 3. The quantitative estimate of drug-likeness (QED) is 0.715. The van der Waals surface area contributed by atoms with E-state index < -0.39 is 23.5 Å². The van der Waals surface area contributed by atoms with Gasteiger partial charge < -0.3 is 15.4 Å². The van der Waals surface area contributed by atoms with Gasteiger partial charge in [0.05, 0.1) is 6.42 Å². The van der Waals surface area contributed by atoms with Crippen molar-refractivity contribution in [3.63, 3.8) is 0 Å². The van der Waals surface area contributed by atoms with Crippen LogP contribution in [-0.2, 0) is 16.0 Å². The molecule has 25 heavy (non-hydrogen) atoms. The van der Waals surface area contributed by atoms with Crippen LogP contribution in [0.2, 0.25) is 0 Å². The number of aromatic amines is 1. The van der Waals surface area contributed by atoms with Crippen LogP contribution in [0.3, 0.4) is 0 Å². The number of hydrogen-bond donors (Lipinski definition) is 3. The molecule has 8 heteroatoms. The van der Waals surface area contributed by atoms with Gasteiger partial charge in [-0.15, -0.1) is 0 Å². The van der Waals surface area contributed by atoms with Crippen LogP contribution in [0.5, 0.6) is 0 Å². The number of rotatable bonds is 6. The van der Waals surface area contributed by atoms with Gasteiger partial charge >= 0.3 is 5.97 Å². The number of aryl methyl sites for hydroxylation is 1. The van der Waals surface area contributed by atoms with E-state index in [1.807, 2.05) is 0 Å². The molecule has 0 saturated carbocycles. The number of amides is 1. The van der Waals surface area contributed by atoms with Gasteiger partial charge in [-0.25, -0.2) is 9.78 Å². The minimum atomic E-state index is -1.11. The SMILES string of the molecule is Cc1nc(-c2ccncc2)[nH]c(=O)c1CC(=O)N[C@@H](C(=O)O)C(C)C. The second-order valence-corrected chi connectivity index (χ2v) is 6.02. The lowest BCUT2D eigenvalue weighted by molar-refractivity contribution is -0.143. The lowest BCUT2D eigenvalue weighted by Crippen LogP contribution is -2.45. The van der Waals surface area contributed by atoms with Crippen molar-refractivity contribution in [3.8, 4) is 11.4 Å². The number of nitrogens with zero attached hydrogens (tertiary/aromatic N) is 2. The molecule has 2 rings (SSSR count). The van der Waals surface area contributed by atoms with Crippen LogP contribution in [0.25, 0.3) is 11.4 Å². The molecule has 0 saturated heterocycles. The Labute approximate surface area is 144 Å². The molecule has 8 nitrogen and oxygen atoms in total. The number of nitrogens with one attached hydrogen (secondary N) is 2. The molecule has 1 atom stereocenters. The summed E-state index contributed by atoms with van der Waals surface area (Å²) in [5, 5.41) is 11.6. The lowest BCUT2D eigenvalue weighted by Gasteiger charge is -2.18. The molecule has 2 aromatic heterocycles. The smallest absolute Gasteiger partial charge is 0.326 e. The molecule has 1 amide bonds. The predicted octanol–water partition coefficient (Wildman–Crippen LogP) is 0.908. The van der Waals surface area contributed by atoms with Crippen LogP contribution in [0.4, 0.5) is 0 Å². The summed E-state index contributed by atoms with van der Waals surface area (Å²) in [7, 11) is 0. The van der Waals surface area contributed by atoms with Crippen molar-refractivity contribution >= 4 is 11.9 Å². The fourth-order valence-electron chi connectivity index (χ4n) is 2.36. The second-order valence-electron chi connectivity index (χ2n) is 6.02. The van der Waals surface area contributed by atoms with Crippen molar-refractivity contribution in [2.45, 2.75) is 33.2 Å². The Morgan fingerprint density at radius 3 is 2.44 bits per heavy atom. The van der Waals surface area contributed by atoms with Crippen LogP contribution in [0.15, 0.2) is 29.3 Å². The molecule has 0 spiro atoms. The predicted molar refractivity (Wildman–Crippen MR) is 90.9 cm³/mol. The van der Waals surface area contributed by atoms with Gasteiger partial charge in [-0.05, 0) is 25.0 Å². The van der Waals surface area contributed by atoms with Crippen LogP contribution in [0, 0.1) is 12.8 Å². The molecule has 0 unspecified atom stereocenters. The monoisotopic (exact) mass is 344 g/mol. The Morgan fingerprint density at radius 2 is 1.92 bits per heavy atom. The Bertz CT molecular complexity index is 830. The number of carboxylic acids is 1. The number of carbonyl (C=O) groups excluding carboxylic acids is 1. The number of pyridine rings is 1. The summed E-state index contributed by atoms with van der Waals surface area (Å²) in [5.74, 6) is -1.53. The van der Waals surface area contributed by atoms with Crippen LogP contribution >= 0.6 is 0 Å². The summed E-state index contributed by atoms with van der Waals surface area (Å²) in [6.07, 6.45) is 2.94. The fraction of sp³-hybridized carbons (Fsp3) is 0.353. The highest BCUT2D eigenvalue weighted by atomic mass is 16.4. The second kappa shape index (κ2) is 7.69. The van der Waals surface area contributed by atoms with Crippen LogP contribution in [-0.4, -0.2) is 38.0 Å².